The lowest BCUT2D eigenvalue weighted by Crippen LogP contribution is -2.31. The number of benzene rings is 1. The summed E-state index contributed by atoms with van der Waals surface area (Å²) >= 11 is 6.18. The number of aromatic amines is 2. The topological polar surface area (TPSA) is 151 Å². The molecule has 1 aromatic carbocycles. The summed E-state index contributed by atoms with van der Waals surface area (Å²) in [7, 11) is 2.93. The molecule has 12 heteroatoms. The minimum atomic E-state index is -0.749. The van der Waals surface area contributed by atoms with Gasteiger partial charge in [0, 0.05) is 5.56 Å². The van der Waals surface area contributed by atoms with E-state index in [1.165, 1.54) is 20.4 Å². The number of methoxy groups -OCH3 is 2. The summed E-state index contributed by atoms with van der Waals surface area (Å²) in [5.74, 6) is 0.0490. The molecule has 0 aliphatic heterocycles. The summed E-state index contributed by atoms with van der Waals surface area (Å²) in [4.78, 5) is 35.9. The van der Waals surface area contributed by atoms with E-state index in [0.29, 0.717) is 17.1 Å². The average Bonchev–Trinajstić information content (AvgIpc) is 2.62. The van der Waals surface area contributed by atoms with Crippen LogP contribution in [0, 0.1) is 0 Å². The molecular formula is C14H15ClN6O5. The predicted molar refractivity (Wildman–Crippen MR) is 94.3 cm³/mol. The van der Waals surface area contributed by atoms with E-state index in [0.717, 1.165) is 0 Å². The summed E-state index contributed by atoms with van der Waals surface area (Å²) in [5, 5.41) is 12.0. The highest BCUT2D eigenvalue weighted by molar-refractivity contribution is 6.34. The van der Waals surface area contributed by atoms with Crippen molar-refractivity contribution < 1.29 is 14.3 Å². The van der Waals surface area contributed by atoms with E-state index in [4.69, 9.17) is 21.1 Å². The highest BCUT2D eigenvalue weighted by Gasteiger charge is 2.12. The third-order valence-corrected chi connectivity index (χ3v) is 3.43. The van der Waals surface area contributed by atoms with Crippen LogP contribution in [0.1, 0.15) is 5.56 Å². The predicted octanol–water partition coefficient (Wildman–Crippen LogP) is -0.309. The lowest BCUT2D eigenvalue weighted by Gasteiger charge is -2.10. The first-order valence-electron chi connectivity index (χ1n) is 7.11. The van der Waals surface area contributed by atoms with Crippen molar-refractivity contribution in [3.63, 3.8) is 0 Å². The van der Waals surface area contributed by atoms with Gasteiger partial charge in [0.2, 0.25) is 5.82 Å². The highest BCUT2D eigenvalue weighted by Crippen LogP contribution is 2.36. The molecule has 26 heavy (non-hydrogen) atoms. The Morgan fingerprint density at radius 1 is 1.35 bits per heavy atom. The summed E-state index contributed by atoms with van der Waals surface area (Å²) in [6, 6.07) is 3.28. The Hall–Kier alpha value is -3.34. The van der Waals surface area contributed by atoms with Gasteiger partial charge in [-0.1, -0.05) is 11.6 Å². The van der Waals surface area contributed by atoms with E-state index in [9.17, 15) is 14.4 Å². The highest BCUT2D eigenvalue weighted by atomic mass is 35.5. The Morgan fingerprint density at radius 2 is 2.12 bits per heavy atom. The minimum absolute atomic E-state index is 0.202. The van der Waals surface area contributed by atoms with Crippen LogP contribution in [0.25, 0.3) is 0 Å². The van der Waals surface area contributed by atoms with Gasteiger partial charge in [-0.2, -0.15) is 5.10 Å². The first kappa shape index (κ1) is 19.0. The number of anilines is 1. The van der Waals surface area contributed by atoms with Crippen molar-refractivity contribution in [3.05, 3.63) is 43.6 Å². The zero-order valence-corrected chi connectivity index (χ0v) is 14.5. The van der Waals surface area contributed by atoms with Crippen LogP contribution in [0.2, 0.25) is 5.02 Å². The van der Waals surface area contributed by atoms with Gasteiger partial charge in [-0.05, 0) is 12.1 Å². The Bertz CT molecular complexity index is 938. The zero-order valence-electron chi connectivity index (χ0n) is 13.8. The Labute approximate surface area is 151 Å². The van der Waals surface area contributed by atoms with Gasteiger partial charge in [-0.15, -0.1) is 5.10 Å². The fourth-order valence-electron chi connectivity index (χ4n) is 1.85. The number of H-pyrrole nitrogens is 2. The number of hydrazone groups is 1. The van der Waals surface area contributed by atoms with Crippen LogP contribution < -0.4 is 31.5 Å². The number of hydrogen-bond acceptors (Lipinski definition) is 8. The number of ether oxygens (including phenoxy) is 2. The standard InChI is InChI=1S/C14H15ClN6O5/c1-25-8-4-3-7(10(15)11(8)26-2)5-17-19-9(22)6-16-12-13(23)18-14(24)21-20-12/h3-5H,6H2,1-2H3,(H,16,20)(H,19,22)(H2,18,21,23,24)/b17-5+. The summed E-state index contributed by atoms with van der Waals surface area (Å²) in [6.07, 6.45) is 1.33. The number of nitrogens with one attached hydrogen (secondary N) is 4. The van der Waals surface area contributed by atoms with Gasteiger partial charge in [0.25, 0.3) is 11.5 Å². The number of hydrogen-bond donors (Lipinski definition) is 4. The van der Waals surface area contributed by atoms with Gasteiger partial charge in [0.1, 0.15) is 0 Å². The molecule has 0 aliphatic rings. The molecule has 11 nitrogen and oxygen atoms in total. The normalized spacial score (nSPS) is 10.6. The molecule has 1 aromatic heterocycles. The molecule has 0 spiro atoms. The number of carbonyl (C=O) groups is 1. The van der Waals surface area contributed by atoms with Crippen molar-refractivity contribution in [2.24, 2.45) is 5.10 Å². The van der Waals surface area contributed by atoms with E-state index < -0.39 is 17.2 Å². The fourth-order valence-corrected chi connectivity index (χ4v) is 2.13. The molecule has 0 saturated heterocycles. The van der Waals surface area contributed by atoms with Gasteiger partial charge in [0.15, 0.2) is 11.5 Å². The smallest absolute Gasteiger partial charge is 0.342 e. The minimum Gasteiger partial charge on any atom is -0.493 e. The van der Waals surface area contributed by atoms with Crippen LogP contribution in [0.5, 0.6) is 11.5 Å². The quantitative estimate of drug-likeness (QED) is 0.379. The van der Waals surface area contributed by atoms with Crippen LogP contribution in [0.4, 0.5) is 5.82 Å². The molecule has 4 N–H and O–H groups in total. The second-order valence-corrected chi connectivity index (χ2v) is 5.08. The molecule has 0 bridgehead atoms. The van der Waals surface area contributed by atoms with Gasteiger partial charge >= 0.3 is 5.69 Å². The molecule has 0 atom stereocenters. The van der Waals surface area contributed by atoms with E-state index in [2.05, 4.69) is 20.9 Å². The Balaban J connectivity index is 1.96. The first-order valence-corrected chi connectivity index (χ1v) is 7.49. The van der Waals surface area contributed by atoms with Crippen molar-refractivity contribution >= 4 is 29.5 Å². The zero-order chi connectivity index (χ0) is 19.1. The third-order valence-electron chi connectivity index (χ3n) is 3.04. The van der Waals surface area contributed by atoms with Crippen molar-refractivity contribution in [2.45, 2.75) is 0 Å². The molecular weight excluding hydrogens is 368 g/mol. The molecule has 0 aliphatic carbocycles. The third kappa shape index (κ3) is 4.60. The number of rotatable bonds is 7. The molecule has 1 heterocycles. The number of nitrogens with zero attached hydrogens (tertiary/aromatic N) is 2. The monoisotopic (exact) mass is 382 g/mol. The lowest BCUT2D eigenvalue weighted by atomic mass is 10.2. The molecule has 0 radical (unpaired) electrons. The summed E-state index contributed by atoms with van der Waals surface area (Å²) in [6.45, 7) is -0.293. The van der Waals surface area contributed by atoms with Crippen LogP contribution >= 0.6 is 11.6 Å². The first-order chi connectivity index (χ1) is 12.5. The maximum atomic E-state index is 11.7. The van der Waals surface area contributed by atoms with E-state index in [1.807, 2.05) is 10.1 Å². The van der Waals surface area contributed by atoms with Crippen molar-refractivity contribution in [3.8, 4) is 11.5 Å². The van der Waals surface area contributed by atoms with E-state index in [-0.39, 0.29) is 17.4 Å². The summed E-state index contributed by atoms with van der Waals surface area (Å²) < 4.78 is 10.3. The van der Waals surface area contributed by atoms with Crippen LogP contribution in [-0.4, -0.2) is 48.1 Å². The van der Waals surface area contributed by atoms with E-state index >= 15 is 0 Å². The van der Waals surface area contributed by atoms with Gasteiger partial charge < -0.3 is 14.8 Å². The maximum Gasteiger partial charge on any atom is 0.342 e. The van der Waals surface area contributed by atoms with Gasteiger partial charge in [-0.25, -0.2) is 15.3 Å². The van der Waals surface area contributed by atoms with Gasteiger partial charge in [0.05, 0.1) is 32.0 Å². The molecule has 0 saturated carbocycles. The summed E-state index contributed by atoms with van der Waals surface area (Å²) in [5.41, 5.74) is 1.25. The second kappa shape index (κ2) is 8.67. The van der Waals surface area contributed by atoms with Gasteiger partial charge in [-0.3, -0.25) is 14.6 Å². The van der Waals surface area contributed by atoms with Crippen molar-refractivity contribution in [2.75, 3.05) is 26.1 Å². The molecule has 1 amide bonds. The Kier molecular flexibility index (Phi) is 6.33. The maximum absolute atomic E-state index is 11.7. The van der Waals surface area contributed by atoms with E-state index in [1.54, 1.807) is 12.1 Å². The number of amides is 1. The Morgan fingerprint density at radius 3 is 2.77 bits per heavy atom. The van der Waals surface area contributed by atoms with Crippen LogP contribution in [-0.2, 0) is 4.79 Å². The SMILES string of the molecule is COc1ccc(/C=N/NC(=O)CNc2n[nH]c(=O)[nH]c2=O)c(Cl)c1OC. The number of halogens is 1. The molecule has 138 valence electrons. The molecule has 2 aromatic rings. The molecule has 2 rings (SSSR count). The largest absolute Gasteiger partial charge is 0.493 e. The number of aromatic nitrogens is 3. The van der Waals surface area contributed by atoms with Crippen molar-refractivity contribution in [1.82, 2.24) is 20.6 Å². The second-order valence-electron chi connectivity index (χ2n) is 4.71. The van der Waals surface area contributed by atoms with Crippen LogP contribution in [0.15, 0.2) is 26.8 Å². The van der Waals surface area contributed by atoms with Crippen molar-refractivity contribution in [1.29, 1.82) is 0 Å². The fraction of sp³-hybridized carbons (Fsp3) is 0.214. The lowest BCUT2D eigenvalue weighted by molar-refractivity contribution is -0.119. The number of carbonyl (C=O) groups excluding carboxylic acids is 1. The van der Waals surface area contributed by atoms with Crippen LogP contribution in [0.3, 0.4) is 0 Å². The molecule has 0 unspecified atom stereocenters. The molecule has 0 fully saturated rings. The average molecular weight is 383 g/mol.